The van der Waals surface area contributed by atoms with Gasteiger partial charge in [-0.05, 0) is 7.05 Å². The summed E-state index contributed by atoms with van der Waals surface area (Å²) in [6, 6.07) is -0.237. The van der Waals surface area contributed by atoms with Crippen LogP contribution in [0, 0.1) is 0 Å². The first kappa shape index (κ1) is 12.8. The fraction of sp³-hybridized carbons (Fsp3) is 0.600. The van der Waals surface area contributed by atoms with E-state index in [0.29, 0.717) is 11.6 Å². The Bertz CT molecular complexity index is 318. The molecule has 0 amide bonds. The van der Waals surface area contributed by atoms with Crippen molar-refractivity contribution in [3.05, 3.63) is 18.1 Å². The number of likely N-dealkylation sites (N-methyl/N-ethyl adjacent to an activating group) is 1. The van der Waals surface area contributed by atoms with Crippen LogP contribution in [0.15, 0.2) is 12.4 Å². The Balaban J connectivity index is 3.02. The molecule has 0 aromatic carbocycles. The number of rotatable bonds is 6. The van der Waals surface area contributed by atoms with Gasteiger partial charge in [-0.15, -0.1) is 0 Å². The van der Waals surface area contributed by atoms with Gasteiger partial charge < -0.3 is 19.5 Å². The van der Waals surface area contributed by atoms with Gasteiger partial charge in [0.2, 0.25) is 5.88 Å². The van der Waals surface area contributed by atoms with Crippen molar-refractivity contribution in [2.75, 3.05) is 28.4 Å². The van der Waals surface area contributed by atoms with E-state index >= 15 is 0 Å². The minimum Gasteiger partial charge on any atom is -0.480 e. The molecule has 0 spiro atoms. The minimum atomic E-state index is -0.449. The zero-order valence-corrected chi connectivity index (χ0v) is 9.93. The molecule has 0 radical (unpaired) electrons. The predicted molar refractivity (Wildman–Crippen MR) is 58.2 cm³/mol. The average molecular weight is 227 g/mol. The van der Waals surface area contributed by atoms with Gasteiger partial charge in [-0.2, -0.15) is 0 Å². The van der Waals surface area contributed by atoms with Crippen LogP contribution in [0.4, 0.5) is 0 Å². The molecule has 1 aromatic heterocycles. The summed E-state index contributed by atoms with van der Waals surface area (Å²) in [6.07, 6.45) is 2.73. The first-order valence-corrected chi connectivity index (χ1v) is 4.86. The second-order valence-corrected chi connectivity index (χ2v) is 3.06. The van der Waals surface area contributed by atoms with Crippen molar-refractivity contribution in [2.45, 2.75) is 12.3 Å². The number of hydrogen-bond donors (Lipinski definition) is 1. The van der Waals surface area contributed by atoms with E-state index in [4.69, 9.17) is 14.2 Å². The molecule has 0 aliphatic heterocycles. The quantitative estimate of drug-likeness (QED) is 0.708. The van der Waals surface area contributed by atoms with Crippen LogP contribution in [0.5, 0.6) is 5.88 Å². The second-order valence-electron chi connectivity index (χ2n) is 3.06. The first-order valence-electron chi connectivity index (χ1n) is 4.86. The molecule has 0 aliphatic carbocycles. The molecule has 0 aliphatic rings. The Kier molecular flexibility index (Phi) is 5.10. The summed E-state index contributed by atoms with van der Waals surface area (Å²) < 4.78 is 15.5. The third-order valence-corrected chi connectivity index (χ3v) is 2.23. The van der Waals surface area contributed by atoms with Crippen molar-refractivity contribution in [3.8, 4) is 5.88 Å². The fourth-order valence-corrected chi connectivity index (χ4v) is 1.48. The smallest absolute Gasteiger partial charge is 0.237 e. The van der Waals surface area contributed by atoms with Crippen molar-refractivity contribution in [3.63, 3.8) is 0 Å². The highest BCUT2D eigenvalue weighted by Crippen LogP contribution is 2.23. The van der Waals surface area contributed by atoms with Crippen LogP contribution in [-0.4, -0.2) is 44.6 Å². The van der Waals surface area contributed by atoms with Gasteiger partial charge in [0.25, 0.3) is 0 Å². The summed E-state index contributed by atoms with van der Waals surface area (Å²) in [4.78, 5) is 8.31. The molecule has 0 bridgehead atoms. The molecular formula is C10H17N3O3. The maximum Gasteiger partial charge on any atom is 0.237 e. The first-order chi connectivity index (χ1) is 7.78. The largest absolute Gasteiger partial charge is 0.480 e. The Labute approximate surface area is 95.0 Å². The van der Waals surface area contributed by atoms with E-state index in [2.05, 4.69) is 15.3 Å². The molecular weight excluding hydrogens is 210 g/mol. The van der Waals surface area contributed by atoms with Crippen molar-refractivity contribution in [2.24, 2.45) is 0 Å². The lowest BCUT2D eigenvalue weighted by Gasteiger charge is -2.24. The Morgan fingerprint density at radius 1 is 1.12 bits per heavy atom. The third kappa shape index (κ3) is 2.66. The van der Waals surface area contributed by atoms with Crippen LogP contribution in [0.2, 0.25) is 0 Å². The standard InChI is InChI=1S/C10H17N3O3/c1-11-8(10(15-3)16-4)7-9(14-2)13-6-5-12-7/h5-6,8,10-11H,1-4H3. The van der Waals surface area contributed by atoms with E-state index in [0.717, 1.165) is 0 Å². The van der Waals surface area contributed by atoms with Gasteiger partial charge in [-0.3, -0.25) is 4.98 Å². The molecule has 0 saturated carbocycles. The van der Waals surface area contributed by atoms with Gasteiger partial charge in [0, 0.05) is 26.6 Å². The number of aromatic nitrogens is 2. The van der Waals surface area contributed by atoms with Crippen LogP contribution in [-0.2, 0) is 9.47 Å². The van der Waals surface area contributed by atoms with Gasteiger partial charge in [-0.25, -0.2) is 4.98 Å². The lowest BCUT2D eigenvalue weighted by Crippen LogP contribution is -2.33. The molecule has 1 heterocycles. The molecule has 1 aromatic rings. The monoisotopic (exact) mass is 227 g/mol. The van der Waals surface area contributed by atoms with Crippen LogP contribution in [0.1, 0.15) is 11.7 Å². The van der Waals surface area contributed by atoms with Crippen molar-refractivity contribution in [1.29, 1.82) is 0 Å². The van der Waals surface area contributed by atoms with Crippen molar-refractivity contribution in [1.82, 2.24) is 15.3 Å². The van der Waals surface area contributed by atoms with Crippen LogP contribution < -0.4 is 10.1 Å². The van der Waals surface area contributed by atoms with Crippen LogP contribution >= 0.6 is 0 Å². The molecule has 1 atom stereocenters. The van der Waals surface area contributed by atoms with E-state index in [1.165, 1.54) is 0 Å². The minimum absolute atomic E-state index is 0.237. The van der Waals surface area contributed by atoms with Crippen molar-refractivity contribution < 1.29 is 14.2 Å². The van der Waals surface area contributed by atoms with Gasteiger partial charge >= 0.3 is 0 Å². The zero-order valence-electron chi connectivity index (χ0n) is 9.93. The van der Waals surface area contributed by atoms with Crippen LogP contribution in [0.25, 0.3) is 0 Å². The van der Waals surface area contributed by atoms with Crippen molar-refractivity contribution >= 4 is 0 Å². The lowest BCUT2D eigenvalue weighted by atomic mass is 10.2. The summed E-state index contributed by atoms with van der Waals surface area (Å²) in [5, 5.41) is 3.06. The maximum atomic E-state index is 5.20. The van der Waals surface area contributed by atoms with Gasteiger partial charge in [-0.1, -0.05) is 0 Å². The summed E-state index contributed by atoms with van der Waals surface area (Å²) in [5.41, 5.74) is 0.654. The highest BCUT2D eigenvalue weighted by Gasteiger charge is 2.26. The van der Waals surface area contributed by atoms with Gasteiger partial charge in [0.1, 0.15) is 11.7 Å². The molecule has 6 heteroatoms. The number of nitrogens with zero attached hydrogens (tertiary/aromatic N) is 2. The summed E-state index contributed by atoms with van der Waals surface area (Å²) >= 11 is 0. The second kappa shape index (κ2) is 6.37. The number of hydrogen-bond acceptors (Lipinski definition) is 6. The SMILES string of the molecule is CNC(c1nccnc1OC)C(OC)OC. The molecule has 0 saturated heterocycles. The lowest BCUT2D eigenvalue weighted by molar-refractivity contribution is -0.124. The highest BCUT2D eigenvalue weighted by molar-refractivity contribution is 5.21. The van der Waals surface area contributed by atoms with E-state index in [1.807, 2.05) is 0 Å². The number of ether oxygens (including phenoxy) is 3. The van der Waals surface area contributed by atoms with E-state index < -0.39 is 6.29 Å². The number of nitrogens with one attached hydrogen (secondary N) is 1. The summed E-state index contributed by atoms with van der Waals surface area (Å²) in [7, 11) is 6.49. The normalized spacial score (nSPS) is 12.8. The fourth-order valence-electron chi connectivity index (χ4n) is 1.48. The topological polar surface area (TPSA) is 65.5 Å². The predicted octanol–water partition coefficient (Wildman–Crippen LogP) is 0.365. The third-order valence-electron chi connectivity index (χ3n) is 2.23. The zero-order chi connectivity index (χ0) is 12.0. The van der Waals surface area contributed by atoms with E-state index in [9.17, 15) is 0 Å². The Morgan fingerprint density at radius 2 is 1.75 bits per heavy atom. The Morgan fingerprint density at radius 3 is 2.25 bits per heavy atom. The highest BCUT2D eigenvalue weighted by atomic mass is 16.7. The number of methoxy groups -OCH3 is 3. The molecule has 90 valence electrons. The van der Waals surface area contributed by atoms with E-state index in [-0.39, 0.29) is 6.04 Å². The van der Waals surface area contributed by atoms with Crippen LogP contribution in [0.3, 0.4) is 0 Å². The average Bonchev–Trinajstić information content (AvgIpc) is 2.35. The van der Waals surface area contributed by atoms with E-state index in [1.54, 1.807) is 40.8 Å². The Hall–Kier alpha value is -1.24. The van der Waals surface area contributed by atoms with Gasteiger partial charge in [0.05, 0.1) is 7.11 Å². The molecule has 0 fully saturated rings. The molecule has 16 heavy (non-hydrogen) atoms. The molecule has 6 nitrogen and oxygen atoms in total. The maximum absolute atomic E-state index is 5.20. The van der Waals surface area contributed by atoms with Gasteiger partial charge in [0.15, 0.2) is 6.29 Å². The molecule has 1 unspecified atom stereocenters. The summed E-state index contributed by atoms with van der Waals surface area (Å²) in [5.74, 6) is 0.459. The molecule has 1 rings (SSSR count). The summed E-state index contributed by atoms with van der Waals surface area (Å²) in [6.45, 7) is 0. The molecule has 1 N–H and O–H groups in total.